The smallest absolute Gasteiger partial charge is 0.370 e. The van der Waals surface area contributed by atoms with Gasteiger partial charge in [-0.25, -0.2) is 4.98 Å². The largest absolute Gasteiger partial charge is 0.411 e. The fourth-order valence-corrected chi connectivity index (χ4v) is 1.82. The fourth-order valence-electron chi connectivity index (χ4n) is 1.82. The van der Waals surface area contributed by atoms with Crippen LogP contribution in [0.15, 0.2) is 24.3 Å². The number of fused-ring (bicyclic) bond motifs is 1. The van der Waals surface area contributed by atoms with Gasteiger partial charge in [-0.3, -0.25) is 0 Å². The second kappa shape index (κ2) is 4.97. The van der Waals surface area contributed by atoms with Crippen molar-refractivity contribution in [1.29, 1.82) is 0 Å². The summed E-state index contributed by atoms with van der Waals surface area (Å²) in [7, 11) is 0. The van der Waals surface area contributed by atoms with Crippen LogP contribution in [0.2, 0.25) is 0 Å². The van der Waals surface area contributed by atoms with Crippen molar-refractivity contribution in [2.45, 2.75) is 19.6 Å². The summed E-state index contributed by atoms with van der Waals surface area (Å²) < 4.78 is 42.2. The van der Waals surface area contributed by atoms with Crippen LogP contribution in [0.4, 0.5) is 13.2 Å². The Kier molecular flexibility index (Phi) is 3.56. The van der Waals surface area contributed by atoms with Crippen LogP contribution in [0.3, 0.4) is 0 Å². The summed E-state index contributed by atoms with van der Waals surface area (Å²) in [6.45, 7) is 0.992. The second-order valence-corrected chi connectivity index (χ2v) is 3.97. The molecule has 2 aromatic rings. The van der Waals surface area contributed by atoms with Crippen molar-refractivity contribution in [3.63, 3.8) is 0 Å². The van der Waals surface area contributed by atoms with Gasteiger partial charge < -0.3 is 9.30 Å². The summed E-state index contributed by atoms with van der Waals surface area (Å²) in [5, 5.41) is 0. The van der Waals surface area contributed by atoms with Gasteiger partial charge in [-0.1, -0.05) is 12.1 Å². The molecule has 0 spiro atoms. The molecule has 1 aromatic carbocycles. The number of benzene rings is 1. The highest BCUT2D eigenvalue weighted by Crippen LogP contribution is 2.16. The molecule has 0 fully saturated rings. The van der Waals surface area contributed by atoms with E-state index in [4.69, 9.17) is 0 Å². The number of aromatic nitrogens is 2. The van der Waals surface area contributed by atoms with E-state index in [1.54, 1.807) is 0 Å². The van der Waals surface area contributed by atoms with Gasteiger partial charge in [0, 0.05) is 6.54 Å². The van der Waals surface area contributed by atoms with Crippen LogP contribution in [0.1, 0.15) is 5.82 Å². The minimum Gasteiger partial charge on any atom is -0.370 e. The first kappa shape index (κ1) is 12.9. The summed E-state index contributed by atoms with van der Waals surface area (Å²) in [6.07, 6.45) is -4.27. The molecule has 1 aromatic heterocycles. The molecular formula is C12H13F3N2O. The SMILES string of the molecule is Cc1nc2ccccc2n1CCOCC(F)(F)F. The Morgan fingerprint density at radius 2 is 2.00 bits per heavy atom. The summed E-state index contributed by atoms with van der Waals surface area (Å²) in [5.74, 6) is 0.770. The van der Waals surface area contributed by atoms with E-state index < -0.39 is 12.8 Å². The van der Waals surface area contributed by atoms with Gasteiger partial charge in [0.2, 0.25) is 0 Å². The maximum Gasteiger partial charge on any atom is 0.411 e. The van der Waals surface area contributed by atoms with Crippen molar-refractivity contribution in [2.75, 3.05) is 13.2 Å². The standard InChI is InChI=1S/C12H13F3N2O/c1-9-16-10-4-2-3-5-11(10)17(9)6-7-18-8-12(13,14)15/h2-5H,6-8H2,1H3. The number of rotatable bonds is 4. The topological polar surface area (TPSA) is 27.1 Å². The van der Waals surface area contributed by atoms with Crippen molar-refractivity contribution in [3.05, 3.63) is 30.1 Å². The molecule has 0 unspecified atom stereocenters. The molecule has 18 heavy (non-hydrogen) atoms. The van der Waals surface area contributed by atoms with E-state index in [0.29, 0.717) is 6.54 Å². The molecule has 2 rings (SSSR count). The number of hydrogen-bond donors (Lipinski definition) is 0. The number of hydrogen-bond acceptors (Lipinski definition) is 2. The van der Waals surface area contributed by atoms with Crippen LogP contribution in [-0.4, -0.2) is 28.9 Å². The third-order valence-corrected chi connectivity index (χ3v) is 2.57. The average Bonchev–Trinajstić information content (AvgIpc) is 2.59. The van der Waals surface area contributed by atoms with Crippen LogP contribution in [-0.2, 0) is 11.3 Å². The van der Waals surface area contributed by atoms with Crippen molar-refractivity contribution in [1.82, 2.24) is 9.55 Å². The summed E-state index contributed by atoms with van der Waals surface area (Å²) >= 11 is 0. The van der Waals surface area contributed by atoms with E-state index >= 15 is 0 Å². The van der Waals surface area contributed by atoms with Gasteiger partial charge in [0.1, 0.15) is 12.4 Å². The number of para-hydroxylation sites is 2. The predicted molar refractivity (Wildman–Crippen MR) is 61.3 cm³/mol. The first-order valence-corrected chi connectivity index (χ1v) is 5.54. The monoisotopic (exact) mass is 258 g/mol. The molecule has 1 heterocycles. The van der Waals surface area contributed by atoms with Crippen molar-refractivity contribution in [3.8, 4) is 0 Å². The van der Waals surface area contributed by atoms with E-state index in [1.807, 2.05) is 35.8 Å². The third-order valence-electron chi connectivity index (χ3n) is 2.57. The van der Waals surface area contributed by atoms with Crippen LogP contribution in [0, 0.1) is 6.92 Å². The molecule has 0 amide bonds. The maximum atomic E-state index is 11.9. The lowest BCUT2D eigenvalue weighted by Gasteiger charge is -2.09. The zero-order valence-corrected chi connectivity index (χ0v) is 9.87. The highest BCUT2D eigenvalue weighted by atomic mass is 19.4. The molecule has 0 saturated carbocycles. The highest BCUT2D eigenvalue weighted by molar-refractivity contribution is 5.75. The number of halogens is 3. The third kappa shape index (κ3) is 3.01. The van der Waals surface area contributed by atoms with E-state index in [9.17, 15) is 13.2 Å². The van der Waals surface area contributed by atoms with Crippen molar-refractivity contribution in [2.24, 2.45) is 0 Å². The summed E-state index contributed by atoms with van der Waals surface area (Å²) in [6, 6.07) is 7.50. The van der Waals surface area contributed by atoms with Gasteiger partial charge >= 0.3 is 6.18 Å². The molecule has 0 bridgehead atoms. The molecule has 98 valence electrons. The van der Waals surface area contributed by atoms with Crippen LogP contribution in [0.25, 0.3) is 11.0 Å². The predicted octanol–water partition coefficient (Wildman–Crippen LogP) is 2.92. The Morgan fingerprint density at radius 3 is 2.72 bits per heavy atom. The Labute approximate surface area is 102 Å². The summed E-state index contributed by atoms with van der Waals surface area (Å²) in [5.41, 5.74) is 1.75. The lowest BCUT2D eigenvalue weighted by Crippen LogP contribution is -2.19. The van der Waals surface area contributed by atoms with Gasteiger partial charge in [-0.15, -0.1) is 0 Å². The van der Waals surface area contributed by atoms with Gasteiger partial charge in [-0.2, -0.15) is 13.2 Å². The van der Waals surface area contributed by atoms with Crippen molar-refractivity contribution < 1.29 is 17.9 Å². The fraction of sp³-hybridized carbons (Fsp3) is 0.417. The van der Waals surface area contributed by atoms with Crippen LogP contribution < -0.4 is 0 Å². The van der Waals surface area contributed by atoms with Crippen molar-refractivity contribution >= 4 is 11.0 Å². The van der Waals surface area contributed by atoms with E-state index in [0.717, 1.165) is 16.9 Å². The van der Waals surface area contributed by atoms with E-state index in [-0.39, 0.29) is 6.61 Å². The molecule has 0 aliphatic carbocycles. The first-order chi connectivity index (χ1) is 8.47. The quantitative estimate of drug-likeness (QED) is 0.788. The van der Waals surface area contributed by atoms with Gasteiger partial charge in [-0.05, 0) is 19.1 Å². The Balaban J connectivity index is 2.01. The Bertz CT molecular complexity index is 534. The average molecular weight is 258 g/mol. The molecular weight excluding hydrogens is 245 g/mol. The maximum absolute atomic E-state index is 11.9. The molecule has 0 aliphatic rings. The number of nitrogens with zero attached hydrogens (tertiary/aromatic N) is 2. The molecule has 3 nitrogen and oxygen atoms in total. The second-order valence-electron chi connectivity index (χ2n) is 3.97. The van der Waals surface area contributed by atoms with Crippen LogP contribution >= 0.6 is 0 Å². The highest BCUT2D eigenvalue weighted by Gasteiger charge is 2.27. The molecule has 6 heteroatoms. The number of ether oxygens (including phenoxy) is 1. The first-order valence-electron chi connectivity index (χ1n) is 5.54. The number of aryl methyl sites for hydroxylation is 1. The molecule has 0 radical (unpaired) electrons. The number of alkyl halides is 3. The van der Waals surface area contributed by atoms with E-state index in [1.165, 1.54) is 0 Å². The number of imidazole rings is 1. The Hall–Kier alpha value is -1.56. The summed E-state index contributed by atoms with van der Waals surface area (Å²) in [4.78, 5) is 4.33. The van der Waals surface area contributed by atoms with Gasteiger partial charge in [0.25, 0.3) is 0 Å². The molecule has 0 aliphatic heterocycles. The van der Waals surface area contributed by atoms with Crippen LogP contribution in [0.5, 0.6) is 0 Å². The van der Waals surface area contributed by atoms with E-state index in [2.05, 4.69) is 9.72 Å². The normalized spacial score (nSPS) is 12.2. The minimum atomic E-state index is -4.27. The lowest BCUT2D eigenvalue weighted by atomic mass is 10.3. The zero-order valence-electron chi connectivity index (χ0n) is 9.87. The van der Waals surface area contributed by atoms with Gasteiger partial charge in [0.05, 0.1) is 17.6 Å². The molecule has 0 saturated heterocycles. The Morgan fingerprint density at radius 1 is 1.28 bits per heavy atom. The minimum absolute atomic E-state index is 0.0146. The zero-order chi connectivity index (χ0) is 13.2. The molecule has 0 atom stereocenters. The lowest BCUT2D eigenvalue weighted by molar-refractivity contribution is -0.174. The molecule has 0 N–H and O–H groups in total. The van der Waals surface area contributed by atoms with Gasteiger partial charge in [0.15, 0.2) is 0 Å².